The first-order chi connectivity index (χ1) is 11.2. The topological polar surface area (TPSA) is 45.4 Å². The molecule has 23 heavy (non-hydrogen) atoms. The van der Waals surface area contributed by atoms with Gasteiger partial charge in [-0.3, -0.25) is 9.80 Å². The van der Waals surface area contributed by atoms with Gasteiger partial charge in [0.25, 0.3) is 0 Å². The molecular formula is C18H26N4S. The van der Waals surface area contributed by atoms with E-state index in [9.17, 15) is 0 Å². The van der Waals surface area contributed by atoms with E-state index in [-0.39, 0.29) is 0 Å². The van der Waals surface area contributed by atoms with Gasteiger partial charge in [0.15, 0.2) is 5.13 Å². The van der Waals surface area contributed by atoms with Crippen LogP contribution in [0.2, 0.25) is 0 Å². The van der Waals surface area contributed by atoms with Gasteiger partial charge in [0.2, 0.25) is 0 Å². The lowest BCUT2D eigenvalue weighted by molar-refractivity contribution is 0.181. The summed E-state index contributed by atoms with van der Waals surface area (Å²) in [5.74, 6) is 0. The van der Waals surface area contributed by atoms with Crippen LogP contribution in [0.4, 0.5) is 5.13 Å². The average Bonchev–Trinajstić information content (AvgIpc) is 3.22. The molecule has 2 heterocycles. The highest BCUT2D eigenvalue weighted by Crippen LogP contribution is 2.28. The van der Waals surface area contributed by atoms with Crippen LogP contribution in [0.1, 0.15) is 36.8 Å². The Kier molecular flexibility index (Phi) is 5.30. The van der Waals surface area contributed by atoms with E-state index >= 15 is 0 Å². The summed E-state index contributed by atoms with van der Waals surface area (Å²) in [6.07, 6.45) is 3.15. The number of hydrogen-bond acceptors (Lipinski definition) is 5. The average molecular weight is 331 g/mol. The molecule has 124 valence electrons. The molecule has 5 heteroatoms. The van der Waals surface area contributed by atoms with Gasteiger partial charge in [0.05, 0.1) is 0 Å². The number of likely N-dealkylation sites (tertiary alicyclic amines) is 1. The summed E-state index contributed by atoms with van der Waals surface area (Å²) in [7, 11) is 0. The molecular weight excluding hydrogens is 304 g/mol. The minimum Gasteiger partial charge on any atom is -0.375 e. The number of thiazole rings is 1. The molecule has 1 saturated heterocycles. The number of hydrogen-bond donors (Lipinski definition) is 1. The largest absolute Gasteiger partial charge is 0.375 e. The highest BCUT2D eigenvalue weighted by Gasteiger charge is 2.30. The Balaban J connectivity index is 1.61. The van der Waals surface area contributed by atoms with Gasteiger partial charge in [0, 0.05) is 42.8 Å². The number of benzene rings is 1. The van der Waals surface area contributed by atoms with Gasteiger partial charge < -0.3 is 5.73 Å². The normalized spacial score (nSPS) is 20.2. The van der Waals surface area contributed by atoms with Crippen LogP contribution in [0.3, 0.4) is 0 Å². The van der Waals surface area contributed by atoms with Gasteiger partial charge in [-0.25, -0.2) is 4.98 Å². The Labute approximate surface area is 142 Å². The molecule has 2 unspecified atom stereocenters. The van der Waals surface area contributed by atoms with Crippen LogP contribution in [0.5, 0.6) is 0 Å². The maximum Gasteiger partial charge on any atom is 0.180 e. The molecule has 1 aromatic carbocycles. The van der Waals surface area contributed by atoms with E-state index in [0.717, 1.165) is 19.6 Å². The first-order valence-corrected chi connectivity index (χ1v) is 9.22. The summed E-state index contributed by atoms with van der Waals surface area (Å²) in [6.45, 7) is 8.89. The summed E-state index contributed by atoms with van der Waals surface area (Å²) in [5, 5.41) is 0.668. The minimum absolute atomic E-state index is 0.485. The molecule has 2 atom stereocenters. The van der Waals surface area contributed by atoms with E-state index in [1.54, 1.807) is 11.3 Å². The van der Waals surface area contributed by atoms with Crippen molar-refractivity contribution in [2.45, 2.75) is 38.9 Å². The molecule has 0 spiro atoms. The Morgan fingerprint density at radius 2 is 2.17 bits per heavy atom. The summed E-state index contributed by atoms with van der Waals surface area (Å²) in [4.78, 5) is 10.6. The van der Waals surface area contributed by atoms with Crippen LogP contribution in [0.15, 0.2) is 36.5 Å². The van der Waals surface area contributed by atoms with E-state index in [1.165, 1.54) is 23.4 Å². The van der Waals surface area contributed by atoms with Crippen molar-refractivity contribution in [3.63, 3.8) is 0 Å². The third-order valence-electron chi connectivity index (χ3n) is 4.88. The maximum atomic E-state index is 5.76. The zero-order chi connectivity index (χ0) is 16.2. The number of rotatable bonds is 6. The number of nitrogens with two attached hydrogens (primary N) is 1. The molecule has 0 saturated carbocycles. The van der Waals surface area contributed by atoms with Crippen LogP contribution in [-0.4, -0.2) is 40.5 Å². The van der Waals surface area contributed by atoms with Crippen molar-refractivity contribution in [3.8, 4) is 0 Å². The van der Waals surface area contributed by atoms with Crippen molar-refractivity contribution in [2.75, 3.05) is 25.4 Å². The van der Waals surface area contributed by atoms with Crippen LogP contribution in [0, 0.1) is 0 Å². The van der Waals surface area contributed by atoms with E-state index in [1.807, 2.05) is 6.20 Å². The van der Waals surface area contributed by atoms with Crippen molar-refractivity contribution in [2.24, 2.45) is 0 Å². The maximum absolute atomic E-state index is 5.76. The summed E-state index contributed by atoms with van der Waals surface area (Å²) in [5.41, 5.74) is 7.16. The Morgan fingerprint density at radius 1 is 1.39 bits per heavy atom. The highest BCUT2D eigenvalue weighted by atomic mass is 32.1. The predicted molar refractivity (Wildman–Crippen MR) is 97.4 cm³/mol. The fraction of sp³-hybridized carbons (Fsp3) is 0.500. The van der Waals surface area contributed by atoms with Crippen molar-refractivity contribution >= 4 is 16.5 Å². The number of aromatic nitrogens is 1. The van der Waals surface area contributed by atoms with E-state index in [0.29, 0.717) is 17.2 Å². The van der Waals surface area contributed by atoms with Crippen molar-refractivity contribution in [1.29, 1.82) is 0 Å². The molecule has 1 aromatic heterocycles. The molecule has 0 radical (unpaired) electrons. The van der Waals surface area contributed by atoms with E-state index in [2.05, 4.69) is 59.0 Å². The van der Waals surface area contributed by atoms with Gasteiger partial charge in [-0.05, 0) is 25.5 Å². The molecule has 2 N–H and O–H groups in total. The van der Waals surface area contributed by atoms with Crippen LogP contribution in [-0.2, 0) is 6.54 Å². The second-order valence-electron chi connectivity index (χ2n) is 6.25. The first kappa shape index (κ1) is 16.4. The fourth-order valence-electron chi connectivity index (χ4n) is 3.46. The quantitative estimate of drug-likeness (QED) is 0.882. The molecule has 1 fully saturated rings. The Hall–Kier alpha value is -1.43. The highest BCUT2D eigenvalue weighted by molar-refractivity contribution is 7.15. The van der Waals surface area contributed by atoms with E-state index in [4.69, 9.17) is 5.73 Å². The van der Waals surface area contributed by atoms with Gasteiger partial charge in [0.1, 0.15) is 0 Å². The van der Waals surface area contributed by atoms with Gasteiger partial charge in [-0.15, -0.1) is 11.3 Å². The third kappa shape index (κ3) is 3.91. The monoisotopic (exact) mass is 330 g/mol. The third-order valence-corrected chi connectivity index (χ3v) is 5.69. The molecule has 4 nitrogen and oxygen atoms in total. The lowest BCUT2D eigenvalue weighted by Gasteiger charge is -2.29. The van der Waals surface area contributed by atoms with Gasteiger partial charge in [-0.2, -0.15) is 0 Å². The molecule has 3 rings (SSSR count). The summed E-state index contributed by atoms with van der Waals surface area (Å²) >= 11 is 1.61. The number of likely N-dealkylation sites (N-methyl/N-ethyl adjacent to an activating group) is 1. The minimum atomic E-state index is 0.485. The molecule has 1 aliphatic heterocycles. The van der Waals surface area contributed by atoms with Crippen molar-refractivity contribution in [1.82, 2.24) is 14.8 Å². The predicted octanol–water partition coefficient (Wildman–Crippen LogP) is 3.38. The molecule has 1 aliphatic rings. The van der Waals surface area contributed by atoms with E-state index < -0.39 is 0 Å². The Bertz CT molecular complexity index is 612. The van der Waals surface area contributed by atoms with Crippen LogP contribution in [0.25, 0.3) is 0 Å². The standard InChI is InChI=1S/C18H26N4S/c1-3-21(13-17-11-20-18(19)23-17)16-9-10-22(12-16)14(2)15-7-5-4-6-8-15/h4-8,11,14,16H,3,9-10,12-13H2,1-2H3,(H2,19,20). The second-order valence-corrected chi connectivity index (χ2v) is 7.40. The van der Waals surface area contributed by atoms with Gasteiger partial charge in [-0.1, -0.05) is 37.3 Å². The summed E-state index contributed by atoms with van der Waals surface area (Å²) < 4.78 is 0. The smallest absolute Gasteiger partial charge is 0.180 e. The van der Waals surface area contributed by atoms with Gasteiger partial charge >= 0.3 is 0 Å². The molecule has 2 aromatic rings. The lowest BCUT2D eigenvalue weighted by Crippen LogP contribution is -2.37. The molecule has 0 aliphatic carbocycles. The van der Waals surface area contributed by atoms with Crippen LogP contribution >= 0.6 is 11.3 Å². The SMILES string of the molecule is CCN(Cc1cnc(N)s1)C1CCN(C(C)c2ccccc2)C1. The zero-order valence-electron chi connectivity index (χ0n) is 14.0. The number of anilines is 1. The van der Waals surface area contributed by atoms with Crippen LogP contribution < -0.4 is 5.73 Å². The molecule has 0 amide bonds. The van der Waals surface area contributed by atoms with Crippen molar-refractivity contribution < 1.29 is 0 Å². The molecule has 0 bridgehead atoms. The zero-order valence-corrected chi connectivity index (χ0v) is 14.8. The lowest BCUT2D eigenvalue weighted by atomic mass is 10.1. The summed E-state index contributed by atoms with van der Waals surface area (Å²) in [6, 6.07) is 11.9. The fourth-order valence-corrected chi connectivity index (χ4v) is 4.17. The second kappa shape index (κ2) is 7.43. The van der Waals surface area contributed by atoms with Crippen molar-refractivity contribution in [3.05, 3.63) is 47.0 Å². The first-order valence-electron chi connectivity index (χ1n) is 8.40. The Morgan fingerprint density at radius 3 is 2.83 bits per heavy atom. The number of nitrogens with zero attached hydrogens (tertiary/aromatic N) is 3. The number of nitrogen functional groups attached to an aromatic ring is 1.